The molecule has 2 aromatic carbocycles. The summed E-state index contributed by atoms with van der Waals surface area (Å²) in [5.41, 5.74) is 2.03. The van der Waals surface area contributed by atoms with Crippen LogP contribution in [-0.2, 0) is 4.79 Å². The zero-order valence-corrected chi connectivity index (χ0v) is 12.5. The van der Waals surface area contributed by atoms with Crippen LogP contribution in [0.4, 0.5) is 0 Å². The van der Waals surface area contributed by atoms with Crippen molar-refractivity contribution in [2.45, 2.75) is 6.17 Å². The highest BCUT2D eigenvalue weighted by atomic mass is 16.7. The van der Waals surface area contributed by atoms with E-state index in [0.717, 1.165) is 11.1 Å². The second-order valence-corrected chi connectivity index (χ2v) is 5.59. The fourth-order valence-corrected chi connectivity index (χ4v) is 2.99. The molecule has 0 saturated heterocycles. The Labute approximate surface area is 137 Å². The molecule has 1 N–H and O–H groups in total. The van der Waals surface area contributed by atoms with Gasteiger partial charge in [-0.2, -0.15) is 0 Å². The summed E-state index contributed by atoms with van der Waals surface area (Å²) in [6.07, 6.45) is 1.21. The number of carbonyl (C=O) groups excluding carboxylic acids is 1. The van der Waals surface area contributed by atoms with Crippen LogP contribution in [0, 0.1) is 0 Å². The molecule has 1 unspecified atom stereocenters. The number of benzene rings is 2. The molecule has 0 radical (unpaired) electrons. The zero-order chi connectivity index (χ0) is 16.1. The van der Waals surface area contributed by atoms with E-state index in [4.69, 9.17) is 14.2 Å². The van der Waals surface area contributed by atoms with Crippen LogP contribution < -0.4 is 19.5 Å². The van der Waals surface area contributed by atoms with Crippen molar-refractivity contribution in [3.8, 4) is 17.2 Å². The minimum atomic E-state index is -0.577. The standard InChI is InChI=1S/C18H12N2O4/c21-17-12-8-10-4-1-2-6-13(10)24-18(12)20-16(19-17)11-5-3-7-14-15(11)23-9-22-14/h1-8,16H,9H2,(H,19,21). The maximum Gasteiger partial charge on any atom is 0.258 e. The fourth-order valence-electron chi connectivity index (χ4n) is 2.99. The molecule has 3 heterocycles. The Morgan fingerprint density at radius 3 is 2.88 bits per heavy atom. The molecule has 0 bridgehead atoms. The number of para-hydroxylation sites is 2. The van der Waals surface area contributed by atoms with Gasteiger partial charge in [-0.3, -0.25) is 4.79 Å². The number of carbonyl (C=O) groups is 1. The molecule has 1 amide bonds. The van der Waals surface area contributed by atoms with Crippen molar-refractivity contribution in [2.75, 3.05) is 6.79 Å². The predicted octanol–water partition coefficient (Wildman–Crippen LogP) is 2.42. The minimum Gasteiger partial charge on any atom is -0.454 e. The van der Waals surface area contributed by atoms with Gasteiger partial charge in [-0.15, -0.1) is 0 Å². The van der Waals surface area contributed by atoms with Crippen molar-refractivity contribution < 1.29 is 19.0 Å². The Morgan fingerprint density at radius 2 is 1.92 bits per heavy atom. The van der Waals surface area contributed by atoms with Crippen LogP contribution >= 0.6 is 0 Å². The van der Waals surface area contributed by atoms with Gasteiger partial charge in [0.15, 0.2) is 17.7 Å². The van der Waals surface area contributed by atoms with Crippen LogP contribution in [0.1, 0.15) is 17.3 Å². The number of nitrogens with zero attached hydrogens (tertiary/aromatic N) is 1. The summed E-state index contributed by atoms with van der Waals surface area (Å²) in [4.78, 5) is 17.1. The van der Waals surface area contributed by atoms with Crippen molar-refractivity contribution in [3.05, 3.63) is 59.2 Å². The van der Waals surface area contributed by atoms with E-state index in [1.165, 1.54) is 0 Å². The van der Waals surface area contributed by atoms with E-state index in [-0.39, 0.29) is 12.7 Å². The molecule has 2 aromatic rings. The number of fused-ring (bicyclic) bond motifs is 3. The normalized spacial score (nSPS) is 20.2. The molecule has 118 valence electrons. The molecule has 0 aromatic heterocycles. The molecule has 6 heteroatoms. The average Bonchev–Trinajstić information content (AvgIpc) is 3.09. The van der Waals surface area contributed by atoms with Gasteiger partial charge in [-0.05, 0) is 18.2 Å². The molecule has 0 aliphatic carbocycles. The van der Waals surface area contributed by atoms with E-state index in [2.05, 4.69) is 10.3 Å². The summed E-state index contributed by atoms with van der Waals surface area (Å²) in [5, 5.41) is 2.88. The smallest absolute Gasteiger partial charge is 0.258 e. The molecule has 3 aliphatic rings. The Hall–Kier alpha value is -3.28. The summed E-state index contributed by atoms with van der Waals surface area (Å²) in [6.45, 7) is 0.165. The Kier molecular flexibility index (Phi) is 2.67. The zero-order valence-electron chi connectivity index (χ0n) is 12.5. The molecule has 6 nitrogen and oxygen atoms in total. The first-order chi connectivity index (χ1) is 11.8. The molecule has 1 atom stereocenters. The van der Waals surface area contributed by atoms with Gasteiger partial charge in [-0.25, -0.2) is 4.99 Å². The van der Waals surface area contributed by atoms with Crippen molar-refractivity contribution in [2.24, 2.45) is 4.99 Å². The van der Waals surface area contributed by atoms with E-state index >= 15 is 0 Å². The van der Waals surface area contributed by atoms with Gasteiger partial charge in [0.05, 0.1) is 0 Å². The van der Waals surface area contributed by atoms with E-state index in [0.29, 0.717) is 28.7 Å². The lowest BCUT2D eigenvalue weighted by Gasteiger charge is -2.27. The van der Waals surface area contributed by atoms with Gasteiger partial charge in [-0.1, -0.05) is 30.3 Å². The first-order valence-corrected chi connectivity index (χ1v) is 7.56. The van der Waals surface area contributed by atoms with Gasteiger partial charge in [0.2, 0.25) is 12.7 Å². The number of hydrogen-bond donors (Lipinski definition) is 1. The Morgan fingerprint density at radius 1 is 1.04 bits per heavy atom. The Balaban J connectivity index is 1.59. The van der Waals surface area contributed by atoms with Crippen LogP contribution in [-0.4, -0.2) is 18.6 Å². The van der Waals surface area contributed by atoms with Crippen molar-refractivity contribution in [3.63, 3.8) is 0 Å². The third-order valence-electron chi connectivity index (χ3n) is 4.14. The lowest BCUT2D eigenvalue weighted by atomic mass is 10.0. The monoisotopic (exact) mass is 320 g/mol. The Bertz CT molecular complexity index is 932. The predicted molar refractivity (Wildman–Crippen MR) is 85.9 cm³/mol. The molecule has 0 saturated carbocycles. The quantitative estimate of drug-likeness (QED) is 0.876. The van der Waals surface area contributed by atoms with Gasteiger partial charge in [0.25, 0.3) is 5.91 Å². The van der Waals surface area contributed by atoms with Crippen molar-refractivity contribution in [1.82, 2.24) is 5.32 Å². The topological polar surface area (TPSA) is 69.2 Å². The molecule has 3 aliphatic heterocycles. The highest BCUT2D eigenvalue weighted by Crippen LogP contribution is 2.40. The maximum atomic E-state index is 12.5. The van der Waals surface area contributed by atoms with Gasteiger partial charge in [0.1, 0.15) is 11.3 Å². The molecule has 24 heavy (non-hydrogen) atoms. The SMILES string of the molecule is O=C1NC(c2cccc3c2OCO3)N=C2Oc3ccccc3C=C12. The summed E-state index contributed by atoms with van der Waals surface area (Å²) in [6, 6.07) is 13.1. The number of ether oxygens (including phenoxy) is 3. The third kappa shape index (κ3) is 1.89. The highest BCUT2D eigenvalue weighted by molar-refractivity contribution is 6.24. The number of hydrogen-bond acceptors (Lipinski definition) is 5. The van der Waals surface area contributed by atoms with Crippen molar-refractivity contribution in [1.29, 1.82) is 0 Å². The fraction of sp³-hybridized carbons (Fsp3) is 0.111. The summed E-state index contributed by atoms with van der Waals surface area (Å²) in [7, 11) is 0. The maximum absolute atomic E-state index is 12.5. The van der Waals surface area contributed by atoms with Crippen LogP contribution in [0.2, 0.25) is 0 Å². The first-order valence-electron chi connectivity index (χ1n) is 7.56. The van der Waals surface area contributed by atoms with Crippen molar-refractivity contribution >= 4 is 17.9 Å². The second kappa shape index (κ2) is 4.86. The molecular formula is C18H12N2O4. The number of rotatable bonds is 1. The van der Waals surface area contributed by atoms with Crippen LogP contribution in [0.3, 0.4) is 0 Å². The van der Waals surface area contributed by atoms with Crippen LogP contribution in [0.5, 0.6) is 17.2 Å². The summed E-state index contributed by atoms with van der Waals surface area (Å²) < 4.78 is 16.7. The number of aliphatic imine (C=N–C) groups is 1. The summed E-state index contributed by atoms with van der Waals surface area (Å²) >= 11 is 0. The third-order valence-corrected chi connectivity index (χ3v) is 4.14. The molecular weight excluding hydrogens is 308 g/mol. The van der Waals surface area contributed by atoms with E-state index < -0.39 is 6.17 Å². The molecule has 0 fully saturated rings. The van der Waals surface area contributed by atoms with Crippen LogP contribution in [0.25, 0.3) is 6.08 Å². The van der Waals surface area contributed by atoms with Gasteiger partial charge < -0.3 is 19.5 Å². The first kappa shape index (κ1) is 13.2. The number of nitrogens with one attached hydrogen (secondary N) is 1. The lowest BCUT2D eigenvalue weighted by Crippen LogP contribution is -2.39. The van der Waals surface area contributed by atoms with Gasteiger partial charge in [0, 0.05) is 11.1 Å². The molecule has 0 spiro atoms. The average molecular weight is 320 g/mol. The second-order valence-electron chi connectivity index (χ2n) is 5.59. The van der Waals surface area contributed by atoms with E-state index in [1.807, 2.05) is 42.5 Å². The largest absolute Gasteiger partial charge is 0.454 e. The highest BCUT2D eigenvalue weighted by Gasteiger charge is 2.33. The van der Waals surface area contributed by atoms with E-state index in [1.54, 1.807) is 6.08 Å². The molecule has 5 rings (SSSR count). The van der Waals surface area contributed by atoms with Gasteiger partial charge >= 0.3 is 0 Å². The number of amides is 1. The lowest BCUT2D eigenvalue weighted by molar-refractivity contribution is -0.118. The van der Waals surface area contributed by atoms with Crippen LogP contribution in [0.15, 0.2) is 53.0 Å². The summed E-state index contributed by atoms with van der Waals surface area (Å²) in [5.74, 6) is 2.04. The van der Waals surface area contributed by atoms with E-state index in [9.17, 15) is 4.79 Å². The minimum absolute atomic E-state index is 0.165.